The second-order valence-corrected chi connectivity index (χ2v) is 3.78. The Morgan fingerprint density at radius 1 is 1.64 bits per heavy atom. The molecule has 0 radical (unpaired) electrons. The molecule has 0 aliphatic heterocycles. The molecular weight excluding hydrogens is 203 g/mol. The Morgan fingerprint density at radius 3 is 3.00 bits per heavy atom. The van der Waals surface area contributed by atoms with Gasteiger partial charge >= 0.3 is 0 Å². The van der Waals surface area contributed by atoms with E-state index in [2.05, 4.69) is 0 Å². The molecule has 1 atom stereocenters. The average Bonchev–Trinajstić information content (AvgIpc) is 2.54. The van der Waals surface area contributed by atoms with Gasteiger partial charge in [-0.3, -0.25) is 0 Å². The molecule has 14 heavy (non-hydrogen) atoms. The zero-order valence-corrected chi connectivity index (χ0v) is 8.11. The molecule has 0 saturated carbocycles. The third-order valence-corrected chi connectivity index (χ3v) is 2.89. The van der Waals surface area contributed by atoms with Gasteiger partial charge in [-0.15, -0.1) is 0 Å². The molecule has 72 valence electrons. The van der Waals surface area contributed by atoms with Crippen LogP contribution in [0.15, 0.2) is 6.07 Å². The van der Waals surface area contributed by atoms with E-state index in [4.69, 9.17) is 22.6 Å². The normalized spacial score (nSPS) is 19.1. The van der Waals surface area contributed by atoms with E-state index in [-0.39, 0.29) is 11.6 Å². The van der Waals surface area contributed by atoms with E-state index in [9.17, 15) is 4.39 Å². The van der Waals surface area contributed by atoms with Crippen molar-refractivity contribution in [3.8, 4) is 6.07 Å². The molecule has 2 N–H and O–H groups in total. The summed E-state index contributed by atoms with van der Waals surface area (Å²) in [5.41, 5.74) is 6.89. The van der Waals surface area contributed by atoms with Crippen LogP contribution in [0.1, 0.15) is 29.2 Å². The topological polar surface area (TPSA) is 49.8 Å². The number of nitriles is 1. The Labute approximate surface area is 86.1 Å². The summed E-state index contributed by atoms with van der Waals surface area (Å²) in [5, 5.41) is 9.12. The van der Waals surface area contributed by atoms with Crippen LogP contribution in [-0.4, -0.2) is 0 Å². The fraction of sp³-hybridized carbons (Fsp3) is 0.300. The summed E-state index contributed by atoms with van der Waals surface area (Å²) in [6.45, 7) is 0. The minimum absolute atomic E-state index is 0.0221. The largest absolute Gasteiger partial charge is 0.324 e. The molecule has 2 rings (SSSR count). The highest BCUT2D eigenvalue weighted by Gasteiger charge is 2.27. The van der Waals surface area contributed by atoms with Gasteiger partial charge in [-0.2, -0.15) is 5.26 Å². The fourth-order valence-electron chi connectivity index (χ4n) is 1.85. The fourth-order valence-corrected chi connectivity index (χ4v) is 2.15. The summed E-state index contributed by atoms with van der Waals surface area (Å²) in [6, 6.07) is 2.82. The van der Waals surface area contributed by atoms with Crippen LogP contribution in [0, 0.1) is 17.1 Å². The van der Waals surface area contributed by atoms with E-state index in [0.29, 0.717) is 23.4 Å². The van der Waals surface area contributed by atoms with Gasteiger partial charge in [-0.25, -0.2) is 4.39 Å². The van der Waals surface area contributed by atoms with Gasteiger partial charge in [0.15, 0.2) is 0 Å². The predicted octanol–water partition coefficient (Wildman–Crippen LogP) is 2.30. The number of fused-ring (bicyclic) bond motifs is 1. The Morgan fingerprint density at radius 2 is 2.36 bits per heavy atom. The molecular formula is C10H8ClFN2. The third kappa shape index (κ3) is 1.19. The highest BCUT2D eigenvalue weighted by molar-refractivity contribution is 6.31. The van der Waals surface area contributed by atoms with Crippen LogP contribution in [-0.2, 0) is 6.42 Å². The van der Waals surface area contributed by atoms with E-state index < -0.39 is 5.82 Å². The molecule has 0 bridgehead atoms. The van der Waals surface area contributed by atoms with Gasteiger partial charge in [-0.1, -0.05) is 11.6 Å². The van der Waals surface area contributed by atoms with E-state index >= 15 is 0 Å². The Kier molecular flexibility index (Phi) is 2.18. The number of nitrogens with two attached hydrogens (primary N) is 1. The summed E-state index contributed by atoms with van der Waals surface area (Å²) >= 11 is 5.92. The van der Waals surface area contributed by atoms with Crippen LogP contribution < -0.4 is 5.73 Å². The van der Waals surface area contributed by atoms with Crippen molar-refractivity contribution >= 4 is 11.6 Å². The Bertz CT molecular complexity index is 437. The van der Waals surface area contributed by atoms with Gasteiger partial charge in [0, 0.05) is 16.6 Å². The van der Waals surface area contributed by atoms with Crippen LogP contribution in [0.4, 0.5) is 4.39 Å². The molecule has 0 fully saturated rings. The molecule has 0 spiro atoms. The van der Waals surface area contributed by atoms with Crippen LogP contribution >= 0.6 is 11.6 Å². The molecule has 0 aromatic heterocycles. The summed E-state index contributed by atoms with van der Waals surface area (Å²) in [6.07, 6.45) is 1.39. The van der Waals surface area contributed by atoms with Crippen LogP contribution in [0.5, 0.6) is 0 Å². The summed E-state index contributed by atoms with van der Waals surface area (Å²) in [4.78, 5) is 0. The van der Waals surface area contributed by atoms with Crippen LogP contribution in [0.25, 0.3) is 0 Å². The van der Waals surface area contributed by atoms with Gasteiger partial charge in [0.25, 0.3) is 0 Å². The first-order chi connectivity index (χ1) is 6.65. The second-order valence-electron chi connectivity index (χ2n) is 3.37. The first-order valence-electron chi connectivity index (χ1n) is 4.31. The molecule has 0 saturated heterocycles. The van der Waals surface area contributed by atoms with Crippen molar-refractivity contribution in [3.05, 3.63) is 33.6 Å². The van der Waals surface area contributed by atoms with Gasteiger partial charge < -0.3 is 5.73 Å². The van der Waals surface area contributed by atoms with E-state index in [1.165, 1.54) is 6.07 Å². The molecule has 4 heteroatoms. The number of benzene rings is 1. The smallest absolute Gasteiger partial charge is 0.146 e. The zero-order valence-electron chi connectivity index (χ0n) is 7.35. The molecule has 1 aliphatic rings. The minimum atomic E-state index is -0.503. The monoisotopic (exact) mass is 210 g/mol. The molecule has 2 nitrogen and oxygen atoms in total. The SMILES string of the molecule is N#Cc1cc(Cl)c2c(c1F)[C@H](N)CC2. The van der Waals surface area contributed by atoms with Crippen molar-refractivity contribution in [3.63, 3.8) is 0 Å². The molecule has 1 aliphatic carbocycles. The maximum Gasteiger partial charge on any atom is 0.146 e. The maximum absolute atomic E-state index is 13.6. The maximum atomic E-state index is 13.6. The summed E-state index contributed by atoms with van der Waals surface area (Å²) in [7, 11) is 0. The molecule has 1 aromatic carbocycles. The number of hydrogen-bond donors (Lipinski definition) is 1. The van der Waals surface area contributed by atoms with Crippen molar-refractivity contribution in [1.29, 1.82) is 5.26 Å². The number of hydrogen-bond acceptors (Lipinski definition) is 2. The number of nitrogens with zero attached hydrogens (tertiary/aromatic N) is 1. The zero-order chi connectivity index (χ0) is 10.3. The van der Waals surface area contributed by atoms with Crippen molar-refractivity contribution in [2.45, 2.75) is 18.9 Å². The molecule has 1 aromatic rings. The first kappa shape index (κ1) is 9.45. The average molecular weight is 211 g/mol. The third-order valence-electron chi connectivity index (χ3n) is 2.55. The van der Waals surface area contributed by atoms with Crippen molar-refractivity contribution in [2.75, 3.05) is 0 Å². The Hall–Kier alpha value is -1.11. The minimum Gasteiger partial charge on any atom is -0.324 e. The molecule has 0 amide bonds. The lowest BCUT2D eigenvalue weighted by molar-refractivity contribution is 0.586. The van der Waals surface area contributed by atoms with Crippen molar-refractivity contribution in [2.24, 2.45) is 5.73 Å². The molecule has 0 unspecified atom stereocenters. The van der Waals surface area contributed by atoms with Gasteiger partial charge in [0.05, 0.1) is 5.56 Å². The second kappa shape index (κ2) is 3.23. The van der Waals surface area contributed by atoms with E-state index in [1.54, 1.807) is 6.07 Å². The number of rotatable bonds is 0. The lowest BCUT2D eigenvalue weighted by Gasteiger charge is -2.08. The number of halogens is 2. The highest BCUT2D eigenvalue weighted by atomic mass is 35.5. The standard InChI is InChI=1S/C10H8ClFN2/c11-7-3-5(4-13)10(12)9-6(7)1-2-8(9)14/h3,8H,1-2,14H2/t8-/m1/s1. The van der Waals surface area contributed by atoms with E-state index in [0.717, 1.165) is 5.56 Å². The lowest BCUT2D eigenvalue weighted by atomic mass is 10.0. The van der Waals surface area contributed by atoms with Crippen LogP contribution in [0.2, 0.25) is 5.02 Å². The Balaban J connectivity index is 2.73. The van der Waals surface area contributed by atoms with Crippen molar-refractivity contribution in [1.82, 2.24) is 0 Å². The van der Waals surface area contributed by atoms with Gasteiger partial charge in [0.1, 0.15) is 11.9 Å². The van der Waals surface area contributed by atoms with Crippen LogP contribution in [0.3, 0.4) is 0 Å². The predicted molar refractivity (Wildman–Crippen MR) is 51.4 cm³/mol. The van der Waals surface area contributed by atoms with Gasteiger partial charge in [-0.05, 0) is 24.5 Å². The molecule has 0 heterocycles. The van der Waals surface area contributed by atoms with Gasteiger partial charge in [0.2, 0.25) is 0 Å². The summed E-state index contributed by atoms with van der Waals surface area (Å²) < 4.78 is 13.6. The highest BCUT2D eigenvalue weighted by Crippen LogP contribution is 2.37. The van der Waals surface area contributed by atoms with E-state index in [1.807, 2.05) is 0 Å². The first-order valence-corrected chi connectivity index (χ1v) is 4.69. The van der Waals surface area contributed by atoms with Crippen molar-refractivity contribution < 1.29 is 4.39 Å². The quantitative estimate of drug-likeness (QED) is 0.714. The summed E-state index contributed by atoms with van der Waals surface area (Å²) in [5.74, 6) is -0.503. The lowest BCUT2D eigenvalue weighted by Crippen LogP contribution is -2.08.